The maximum atomic E-state index is 4.42. The molecule has 0 bridgehead atoms. The van der Waals surface area contributed by atoms with Gasteiger partial charge in [0.1, 0.15) is 12.7 Å². The van der Waals surface area contributed by atoms with E-state index in [1.807, 2.05) is 0 Å². The minimum atomic E-state index is 0.688. The van der Waals surface area contributed by atoms with Crippen LogP contribution >= 0.6 is 0 Å². The van der Waals surface area contributed by atoms with Crippen LogP contribution in [0, 0.1) is 0 Å². The zero-order chi connectivity index (χ0) is 11.2. The van der Waals surface area contributed by atoms with Crippen LogP contribution in [0.25, 0.3) is 5.82 Å². The molecule has 0 unspecified atom stereocenters. The van der Waals surface area contributed by atoms with Gasteiger partial charge in [-0.3, -0.25) is 4.98 Å². The first-order valence-corrected chi connectivity index (χ1v) is 5.27. The molecule has 0 amide bonds. The minimum absolute atomic E-state index is 0.688. The first kappa shape index (κ1) is 10.7. The second-order valence-corrected chi connectivity index (χ2v) is 3.39. The van der Waals surface area contributed by atoms with Gasteiger partial charge in [-0.25, -0.2) is 14.6 Å². The van der Waals surface area contributed by atoms with Crippen LogP contribution in [0.4, 0.5) is 0 Å². The van der Waals surface area contributed by atoms with Crippen molar-refractivity contribution in [3.63, 3.8) is 0 Å². The first-order chi connectivity index (χ1) is 7.90. The maximum absolute atomic E-state index is 4.42. The molecular formula is C10H14N6. The Kier molecular flexibility index (Phi) is 3.55. The Balaban J connectivity index is 2.08. The summed E-state index contributed by atoms with van der Waals surface area (Å²) in [6.45, 7) is 3.84. The molecule has 0 saturated carbocycles. The highest BCUT2D eigenvalue weighted by molar-refractivity contribution is 5.16. The normalized spacial score (nSPS) is 10.6. The molecule has 0 atom stereocenters. The smallest absolute Gasteiger partial charge is 0.173 e. The Morgan fingerprint density at radius 2 is 2.25 bits per heavy atom. The SMILES string of the molecule is CCCNCc1cncc(-n2cncn2)n1. The zero-order valence-corrected chi connectivity index (χ0v) is 9.17. The Hall–Kier alpha value is -1.82. The van der Waals surface area contributed by atoms with E-state index in [4.69, 9.17) is 0 Å². The molecule has 0 radical (unpaired) electrons. The van der Waals surface area contributed by atoms with E-state index in [1.165, 1.54) is 6.33 Å². The summed E-state index contributed by atoms with van der Waals surface area (Å²) in [5.41, 5.74) is 0.904. The van der Waals surface area contributed by atoms with Crippen LogP contribution in [0.5, 0.6) is 0 Å². The standard InChI is InChI=1S/C10H14N6/c1-2-3-11-4-9-5-12-6-10(15-9)16-8-13-7-14-16/h5-8,11H,2-4H2,1H3. The van der Waals surface area contributed by atoms with E-state index in [-0.39, 0.29) is 0 Å². The van der Waals surface area contributed by atoms with E-state index in [0.29, 0.717) is 5.82 Å². The number of nitrogens with one attached hydrogen (secondary N) is 1. The van der Waals surface area contributed by atoms with Gasteiger partial charge in [-0.2, -0.15) is 5.10 Å². The van der Waals surface area contributed by atoms with Gasteiger partial charge in [0, 0.05) is 12.7 Å². The fraction of sp³-hybridized carbons (Fsp3) is 0.400. The zero-order valence-electron chi connectivity index (χ0n) is 9.17. The van der Waals surface area contributed by atoms with Crippen LogP contribution in [0.3, 0.4) is 0 Å². The molecule has 6 nitrogen and oxygen atoms in total. The molecule has 16 heavy (non-hydrogen) atoms. The lowest BCUT2D eigenvalue weighted by Gasteiger charge is -2.04. The molecule has 0 aliphatic rings. The number of aromatic nitrogens is 5. The van der Waals surface area contributed by atoms with Gasteiger partial charge >= 0.3 is 0 Å². The Labute approximate surface area is 93.8 Å². The second-order valence-electron chi connectivity index (χ2n) is 3.39. The highest BCUT2D eigenvalue weighted by Crippen LogP contribution is 2.00. The van der Waals surface area contributed by atoms with E-state index in [0.717, 1.165) is 25.2 Å². The fourth-order valence-electron chi connectivity index (χ4n) is 1.31. The van der Waals surface area contributed by atoms with E-state index in [1.54, 1.807) is 23.4 Å². The summed E-state index contributed by atoms with van der Waals surface area (Å²) >= 11 is 0. The van der Waals surface area contributed by atoms with Crippen LogP contribution in [0.15, 0.2) is 25.0 Å². The molecule has 0 saturated heterocycles. The van der Waals surface area contributed by atoms with Crippen LogP contribution in [-0.2, 0) is 6.54 Å². The summed E-state index contributed by atoms with van der Waals surface area (Å²) in [5.74, 6) is 0.688. The van der Waals surface area contributed by atoms with Crippen LogP contribution in [-0.4, -0.2) is 31.3 Å². The van der Waals surface area contributed by atoms with Gasteiger partial charge in [0.2, 0.25) is 0 Å². The van der Waals surface area contributed by atoms with Crippen molar-refractivity contribution < 1.29 is 0 Å². The van der Waals surface area contributed by atoms with Crippen LogP contribution in [0.1, 0.15) is 19.0 Å². The summed E-state index contributed by atoms with van der Waals surface area (Å²) < 4.78 is 1.59. The van der Waals surface area contributed by atoms with E-state index in [2.05, 4.69) is 32.3 Å². The third-order valence-corrected chi connectivity index (χ3v) is 2.06. The average Bonchev–Trinajstić information content (AvgIpc) is 2.83. The average molecular weight is 218 g/mol. The molecule has 84 valence electrons. The van der Waals surface area contributed by atoms with Gasteiger partial charge in [0.05, 0.1) is 11.9 Å². The largest absolute Gasteiger partial charge is 0.311 e. The van der Waals surface area contributed by atoms with Crippen molar-refractivity contribution >= 4 is 0 Å². The molecule has 2 heterocycles. The Morgan fingerprint density at radius 3 is 3.00 bits per heavy atom. The molecule has 1 N–H and O–H groups in total. The second kappa shape index (κ2) is 5.32. The summed E-state index contributed by atoms with van der Waals surface area (Å²) in [6, 6.07) is 0. The molecule has 2 aromatic heterocycles. The molecule has 0 aliphatic heterocycles. The van der Waals surface area contributed by atoms with Crippen molar-refractivity contribution in [2.75, 3.05) is 6.54 Å². The lowest BCUT2D eigenvalue weighted by molar-refractivity contribution is 0.658. The van der Waals surface area contributed by atoms with Gasteiger partial charge in [-0.1, -0.05) is 6.92 Å². The predicted molar refractivity (Wildman–Crippen MR) is 58.9 cm³/mol. The fourth-order valence-corrected chi connectivity index (χ4v) is 1.31. The number of nitrogens with zero attached hydrogens (tertiary/aromatic N) is 5. The van der Waals surface area contributed by atoms with Crippen LogP contribution in [0.2, 0.25) is 0 Å². The van der Waals surface area contributed by atoms with E-state index >= 15 is 0 Å². The molecule has 0 aliphatic carbocycles. The van der Waals surface area contributed by atoms with Gasteiger partial charge in [0.25, 0.3) is 0 Å². The lowest BCUT2D eigenvalue weighted by atomic mass is 10.4. The van der Waals surface area contributed by atoms with Crippen molar-refractivity contribution in [3.05, 3.63) is 30.7 Å². The van der Waals surface area contributed by atoms with Crippen LogP contribution < -0.4 is 5.32 Å². The predicted octanol–water partition coefficient (Wildman–Crippen LogP) is 0.557. The molecule has 2 aromatic rings. The van der Waals surface area contributed by atoms with Crippen molar-refractivity contribution in [1.29, 1.82) is 0 Å². The van der Waals surface area contributed by atoms with Gasteiger partial charge in [0.15, 0.2) is 5.82 Å². The van der Waals surface area contributed by atoms with Gasteiger partial charge in [-0.15, -0.1) is 0 Å². The highest BCUT2D eigenvalue weighted by atomic mass is 15.3. The summed E-state index contributed by atoms with van der Waals surface area (Å²) in [7, 11) is 0. The topological polar surface area (TPSA) is 68.5 Å². The molecule has 2 rings (SSSR count). The van der Waals surface area contributed by atoms with Gasteiger partial charge < -0.3 is 5.32 Å². The summed E-state index contributed by atoms with van der Waals surface area (Å²) in [5, 5.41) is 7.28. The molecular weight excluding hydrogens is 204 g/mol. The molecule has 0 fully saturated rings. The van der Waals surface area contributed by atoms with Crippen molar-refractivity contribution in [3.8, 4) is 5.82 Å². The summed E-state index contributed by atoms with van der Waals surface area (Å²) in [4.78, 5) is 12.4. The molecule has 0 aromatic carbocycles. The van der Waals surface area contributed by atoms with Crippen molar-refractivity contribution in [2.45, 2.75) is 19.9 Å². The highest BCUT2D eigenvalue weighted by Gasteiger charge is 2.01. The number of hydrogen-bond donors (Lipinski definition) is 1. The Morgan fingerprint density at radius 1 is 1.31 bits per heavy atom. The summed E-state index contributed by atoms with van der Waals surface area (Å²) in [6.07, 6.45) is 7.61. The third-order valence-electron chi connectivity index (χ3n) is 2.06. The van der Waals surface area contributed by atoms with Crippen molar-refractivity contribution in [1.82, 2.24) is 30.0 Å². The monoisotopic (exact) mass is 218 g/mol. The molecule has 0 spiro atoms. The number of rotatable bonds is 5. The minimum Gasteiger partial charge on any atom is -0.311 e. The number of hydrogen-bond acceptors (Lipinski definition) is 5. The lowest BCUT2D eigenvalue weighted by Crippen LogP contribution is -2.15. The van der Waals surface area contributed by atoms with E-state index < -0.39 is 0 Å². The van der Waals surface area contributed by atoms with Crippen molar-refractivity contribution in [2.24, 2.45) is 0 Å². The molecule has 6 heteroatoms. The first-order valence-electron chi connectivity index (χ1n) is 5.27. The maximum Gasteiger partial charge on any atom is 0.173 e. The van der Waals surface area contributed by atoms with E-state index in [9.17, 15) is 0 Å². The third kappa shape index (κ3) is 2.60. The Bertz CT molecular complexity index is 425. The van der Waals surface area contributed by atoms with Gasteiger partial charge in [-0.05, 0) is 13.0 Å². The quantitative estimate of drug-likeness (QED) is 0.742.